The van der Waals surface area contributed by atoms with Crippen LogP contribution in [0.3, 0.4) is 0 Å². The molecule has 3 heteroatoms. The molecule has 2 aliphatic carbocycles. The first kappa shape index (κ1) is 14.7. The highest BCUT2D eigenvalue weighted by Gasteiger charge is 2.37. The fraction of sp³-hybridized carbons (Fsp3) is 0.941. The van der Waals surface area contributed by atoms with E-state index in [4.69, 9.17) is 11.6 Å². The smallest absolute Gasteiger partial charge is 0.225 e. The molecule has 114 valence electrons. The van der Waals surface area contributed by atoms with Crippen LogP contribution < -0.4 is 0 Å². The second-order valence-corrected chi connectivity index (χ2v) is 7.57. The van der Waals surface area contributed by atoms with Crippen LogP contribution in [0.15, 0.2) is 0 Å². The predicted octanol–water partition coefficient (Wildman–Crippen LogP) is 4.07. The molecule has 2 nitrogen and oxygen atoms in total. The van der Waals surface area contributed by atoms with Gasteiger partial charge in [0.2, 0.25) is 5.91 Å². The van der Waals surface area contributed by atoms with Crippen molar-refractivity contribution in [1.29, 1.82) is 0 Å². The number of amides is 1. The minimum absolute atomic E-state index is 0.323. The molecule has 0 spiro atoms. The maximum atomic E-state index is 12.8. The van der Waals surface area contributed by atoms with E-state index in [1.807, 2.05) is 0 Å². The standard InChI is InChI=1S/C17H28ClNO/c18-11-13-4-3-9-19(12-13)17(20)16-8-7-14-5-1-2-6-15(14)10-16/h13-16H,1-12H2. The quantitative estimate of drug-likeness (QED) is 0.704. The van der Waals surface area contributed by atoms with Crippen LogP contribution in [0.25, 0.3) is 0 Å². The van der Waals surface area contributed by atoms with E-state index < -0.39 is 0 Å². The number of hydrogen-bond acceptors (Lipinski definition) is 1. The van der Waals surface area contributed by atoms with Crippen molar-refractivity contribution in [3.8, 4) is 0 Å². The molecule has 0 radical (unpaired) electrons. The van der Waals surface area contributed by atoms with Gasteiger partial charge in [0.15, 0.2) is 0 Å². The molecule has 4 unspecified atom stereocenters. The van der Waals surface area contributed by atoms with Crippen LogP contribution in [0, 0.1) is 23.7 Å². The fourth-order valence-electron chi connectivity index (χ4n) is 4.75. The normalized spacial score (nSPS) is 38.4. The van der Waals surface area contributed by atoms with Crippen molar-refractivity contribution in [3.63, 3.8) is 0 Å². The van der Waals surface area contributed by atoms with Crippen molar-refractivity contribution in [2.45, 2.75) is 57.8 Å². The Kier molecular flexibility index (Phi) is 4.91. The SMILES string of the molecule is O=C(C1CCC2CCCCC2C1)N1CCCC(CCl)C1. The molecule has 0 N–H and O–H groups in total. The Morgan fingerprint density at radius 1 is 1.00 bits per heavy atom. The van der Waals surface area contributed by atoms with E-state index in [0.29, 0.717) is 23.6 Å². The summed E-state index contributed by atoms with van der Waals surface area (Å²) in [6.45, 7) is 1.88. The molecular weight excluding hydrogens is 270 g/mol. The summed E-state index contributed by atoms with van der Waals surface area (Å²) < 4.78 is 0. The van der Waals surface area contributed by atoms with Gasteiger partial charge < -0.3 is 4.90 Å². The van der Waals surface area contributed by atoms with Crippen LogP contribution in [-0.2, 0) is 4.79 Å². The van der Waals surface area contributed by atoms with Crippen LogP contribution in [0.2, 0.25) is 0 Å². The van der Waals surface area contributed by atoms with Crippen molar-refractivity contribution >= 4 is 17.5 Å². The summed E-state index contributed by atoms with van der Waals surface area (Å²) in [5.41, 5.74) is 0. The molecule has 20 heavy (non-hydrogen) atoms. The van der Waals surface area contributed by atoms with Crippen molar-refractivity contribution in [2.24, 2.45) is 23.7 Å². The topological polar surface area (TPSA) is 20.3 Å². The van der Waals surface area contributed by atoms with Crippen LogP contribution in [-0.4, -0.2) is 29.8 Å². The Morgan fingerprint density at radius 3 is 2.60 bits per heavy atom. The number of rotatable bonds is 2. The van der Waals surface area contributed by atoms with Crippen molar-refractivity contribution < 1.29 is 4.79 Å². The van der Waals surface area contributed by atoms with Gasteiger partial charge in [-0.1, -0.05) is 25.7 Å². The number of piperidine rings is 1. The van der Waals surface area contributed by atoms with Gasteiger partial charge in [0.05, 0.1) is 0 Å². The summed E-state index contributed by atoms with van der Waals surface area (Å²) in [5, 5.41) is 0. The first-order valence-electron chi connectivity index (χ1n) is 8.62. The average molecular weight is 298 g/mol. The van der Waals surface area contributed by atoms with E-state index in [2.05, 4.69) is 4.90 Å². The molecule has 1 heterocycles. The lowest BCUT2D eigenvalue weighted by Crippen LogP contribution is -2.45. The molecule has 0 aromatic heterocycles. The third-order valence-electron chi connectivity index (χ3n) is 5.94. The largest absolute Gasteiger partial charge is 0.342 e. The molecule has 1 saturated heterocycles. The van der Waals surface area contributed by atoms with E-state index in [9.17, 15) is 4.79 Å². The zero-order valence-corrected chi connectivity index (χ0v) is 13.3. The first-order valence-corrected chi connectivity index (χ1v) is 9.16. The number of carbonyl (C=O) groups is 1. The molecule has 3 rings (SSSR count). The lowest BCUT2D eigenvalue weighted by Gasteiger charge is -2.41. The lowest BCUT2D eigenvalue weighted by atomic mass is 9.67. The number of fused-ring (bicyclic) bond motifs is 1. The Hall–Kier alpha value is -0.240. The first-order chi connectivity index (χ1) is 9.78. The van der Waals surface area contributed by atoms with Gasteiger partial charge in [-0.3, -0.25) is 4.79 Å². The molecule has 3 aliphatic rings. The summed E-state index contributed by atoms with van der Waals surface area (Å²) in [6.07, 6.45) is 11.6. The molecule has 1 aliphatic heterocycles. The van der Waals surface area contributed by atoms with Crippen LogP contribution in [0.1, 0.15) is 57.8 Å². The lowest BCUT2D eigenvalue weighted by molar-refractivity contribution is -0.139. The van der Waals surface area contributed by atoms with E-state index >= 15 is 0 Å². The van der Waals surface area contributed by atoms with Gasteiger partial charge in [-0.2, -0.15) is 0 Å². The number of hydrogen-bond donors (Lipinski definition) is 0. The molecule has 0 bridgehead atoms. The van der Waals surface area contributed by atoms with Gasteiger partial charge in [-0.25, -0.2) is 0 Å². The van der Waals surface area contributed by atoms with E-state index in [0.717, 1.165) is 37.8 Å². The number of carbonyl (C=O) groups excluding carboxylic acids is 1. The molecule has 0 aromatic rings. The molecular formula is C17H28ClNO. The Morgan fingerprint density at radius 2 is 1.80 bits per heavy atom. The van der Waals surface area contributed by atoms with E-state index in [-0.39, 0.29) is 0 Å². The van der Waals surface area contributed by atoms with Gasteiger partial charge in [0.25, 0.3) is 0 Å². The van der Waals surface area contributed by atoms with Gasteiger partial charge in [-0.05, 0) is 49.9 Å². The zero-order valence-electron chi connectivity index (χ0n) is 12.5. The second kappa shape index (κ2) is 6.68. The number of halogens is 1. The molecule has 3 fully saturated rings. The minimum Gasteiger partial charge on any atom is -0.342 e. The predicted molar refractivity (Wildman–Crippen MR) is 82.8 cm³/mol. The highest BCUT2D eigenvalue weighted by atomic mass is 35.5. The van der Waals surface area contributed by atoms with Crippen LogP contribution >= 0.6 is 11.6 Å². The average Bonchev–Trinajstić information content (AvgIpc) is 2.53. The molecule has 1 amide bonds. The summed E-state index contributed by atoms with van der Waals surface area (Å²) in [6, 6.07) is 0. The third-order valence-corrected chi connectivity index (χ3v) is 6.37. The Balaban J connectivity index is 1.57. The minimum atomic E-state index is 0.323. The summed E-state index contributed by atoms with van der Waals surface area (Å²) in [7, 11) is 0. The Bertz CT molecular complexity index is 346. The Labute approximate surface area is 128 Å². The molecule has 0 aromatic carbocycles. The molecule has 4 atom stereocenters. The van der Waals surface area contributed by atoms with Crippen molar-refractivity contribution in [1.82, 2.24) is 4.90 Å². The van der Waals surface area contributed by atoms with Crippen LogP contribution in [0.5, 0.6) is 0 Å². The molecule has 2 saturated carbocycles. The zero-order chi connectivity index (χ0) is 13.9. The van der Waals surface area contributed by atoms with Gasteiger partial charge >= 0.3 is 0 Å². The highest BCUT2D eigenvalue weighted by Crippen LogP contribution is 2.43. The monoisotopic (exact) mass is 297 g/mol. The third kappa shape index (κ3) is 3.16. The maximum Gasteiger partial charge on any atom is 0.225 e. The second-order valence-electron chi connectivity index (χ2n) is 7.26. The van der Waals surface area contributed by atoms with Crippen molar-refractivity contribution in [3.05, 3.63) is 0 Å². The fourth-order valence-corrected chi connectivity index (χ4v) is 5.00. The number of nitrogens with zero attached hydrogens (tertiary/aromatic N) is 1. The van der Waals surface area contributed by atoms with Gasteiger partial charge in [-0.15, -0.1) is 11.6 Å². The summed E-state index contributed by atoms with van der Waals surface area (Å²) in [5.74, 6) is 3.79. The highest BCUT2D eigenvalue weighted by molar-refractivity contribution is 6.18. The van der Waals surface area contributed by atoms with E-state index in [1.165, 1.54) is 44.9 Å². The maximum absolute atomic E-state index is 12.8. The van der Waals surface area contributed by atoms with Crippen molar-refractivity contribution in [2.75, 3.05) is 19.0 Å². The number of alkyl halides is 1. The van der Waals surface area contributed by atoms with Gasteiger partial charge in [0, 0.05) is 24.9 Å². The van der Waals surface area contributed by atoms with Crippen LogP contribution in [0.4, 0.5) is 0 Å². The summed E-state index contributed by atoms with van der Waals surface area (Å²) >= 11 is 5.99. The van der Waals surface area contributed by atoms with E-state index in [1.54, 1.807) is 0 Å². The summed E-state index contributed by atoms with van der Waals surface area (Å²) in [4.78, 5) is 14.9. The van der Waals surface area contributed by atoms with Gasteiger partial charge in [0.1, 0.15) is 0 Å². The number of likely N-dealkylation sites (tertiary alicyclic amines) is 1.